The third-order valence-electron chi connectivity index (χ3n) is 4.12. The maximum Gasteiger partial charge on any atom is 0.254 e. The molecule has 1 aliphatic heterocycles. The van der Waals surface area contributed by atoms with Gasteiger partial charge in [0.1, 0.15) is 7.85 Å². The van der Waals surface area contributed by atoms with Gasteiger partial charge in [0.15, 0.2) is 0 Å². The Morgan fingerprint density at radius 3 is 2.89 bits per heavy atom. The van der Waals surface area contributed by atoms with Gasteiger partial charge >= 0.3 is 0 Å². The van der Waals surface area contributed by atoms with Crippen LogP contribution in [0.15, 0.2) is 35.1 Å². The smallest absolute Gasteiger partial charge is 0.254 e. The van der Waals surface area contributed by atoms with Crippen molar-refractivity contribution in [1.29, 1.82) is 0 Å². The van der Waals surface area contributed by atoms with E-state index in [4.69, 9.17) is 0 Å². The first-order chi connectivity index (χ1) is 9.15. The van der Waals surface area contributed by atoms with Gasteiger partial charge in [-0.1, -0.05) is 35.3 Å². The monoisotopic (exact) mass is 251 g/mol. The van der Waals surface area contributed by atoms with Crippen LogP contribution in [0.25, 0.3) is 0 Å². The van der Waals surface area contributed by atoms with Crippen molar-refractivity contribution in [1.82, 2.24) is 4.57 Å². The molecule has 1 aromatic heterocycles. The van der Waals surface area contributed by atoms with Gasteiger partial charge in [-0.2, -0.15) is 0 Å². The van der Waals surface area contributed by atoms with E-state index in [-0.39, 0.29) is 5.56 Å². The summed E-state index contributed by atoms with van der Waals surface area (Å²) in [5.41, 5.74) is 6.11. The van der Waals surface area contributed by atoms with Crippen molar-refractivity contribution in [2.75, 3.05) is 0 Å². The summed E-state index contributed by atoms with van der Waals surface area (Å²) >= 11 is 0. The Morgan fingerprint density at radius 2 is 2.11 bits per heavy atom. The van der Waals surface area contributed by atoms with Crippen LogP contribution in [0.1, 0.15) is 28.8 Å². The lowest BCUT2D eigenvalue weighted by atomic mass is 9.88. The molecule has 0 spiro atoms. The first-order valence-electron chi connectivity index (χ1n) is 6.93. The average molecular weight is 251 g/mol. The maximum atomic E-state index is 12.4. The van der Waals surface area contributed by atoms with E-state index in [0.717, 1.165) is 31.4 Å². The summed E-state index contributed by atoms with van der Waals surface area (Å²) < 4.78 is 1.94. The Balaban J connectivity index is 1.96. The van der Waals surface area contributed by atoms with Crippen LogP contribution in [0.4, 0.5) is 0 Å². The molecule has 0 fully saturated rings. The molecule has 2 heterocycles. The van der Waals surface area contributed by atoms with Gasteiger partial charge in [0.05, 0.1) is 0 Å². The van der Waals surface area contributed by atoms with Crippen LogP contribution in [0, 0.1) is 6.92 Å². The summed E-state index contributed by atoms with van der Waals surface area (Å²) in [5.74, 6) is 0. The molecule has 0 atom stereocenters. The lowest BCUT2D eigenvalue weighted by Crippen LogP contribution is -2.23. The zero-order valence-corrected chi connectivity index (χ0v) is 11.6. The number of benzene rings is 1. The summed E-state index contributed by atoms with van der Waals surface area (Å²) in [6, 6.07) is 10.6. The number of hydrogen-bond acceptors (Lipinski definition) is 1. The Morgan fingerprint density at radius 1 is 1.26 bits per heavy atom. The van der Waals surface area contributed by atoms with Gasteiger partial charge in [0.25, 0.3) is 5.56 Å². The molecule has 0 N–H and O–H groups in total. The molecule has 1 aromatic carbocycles. The largest absolute Gasteiger partial charge is 0.312 e. The van der Waals surface area contributed by atoms with Gasteiger partial charge in [-0.3, -0.25) is 4.79 Å². The van der Waals surface area contributed by atoms with Crippen molar-refractivity contribution in [3.05, 3.63) is 63.1 Å². The SMILES string of the molecule is Bc1cc(Cc2ccc3n(c2=O)CCC3)ccc1C. The summed E-state index contributed by atoms with van der Waals surface area (Å²) in [7, 11) is 2.12. The maximum absolute atomic E-state index is 12.4. The number of rotatable bonds is 2. The van der Waals surface area contributed by atoms with Crippen molar-refractivity contribution < 1.29 is 0 Å². The van der Waals surface area contributed by atoms with Crippen LogP contribution in [0.3, 0.4) is 0 Å². The van der Waals surface area contributed by atoms with E-state index < -0.39 is 0 Å². The number of pyridine rings is 1. The van der Waals surface area contributed by atoms with E-state index >= 15 is 0 Å². The molecule has 0 aliphatic carbocycles. The fraction of sp³-hybridized carbons (Fsp3) is 0.312. The number of aromatic nitrogens is 1. The standard InChI is InChI=1S/C16H18BNO/c1-11-4-5-12(10-15(11)17)9-13-6-7-14-3-2-8-18(14)16(13)19/h4-7,10H,2-3,8-9,17H2,1H3. The quantitative estimate of drug-likeness (QED) is 0.728. The molecule has 0 radical (unpaired) electrons. The van der Waals surface area contributed by atoms with Gasteiger partial charge in [0.2, 0.25) is 0 Å². The Hall–Kier alpha value is -1.77. The van der Waals surface area contributed by atoms with Gasteiger partial charge in [-0.05, 0) is 31.4 Å². The van der Waals surface area contributed by atoms with Crippen molar-refractivity contribution >= 4 is 13.3 Å². The highest BCUT2D eigenvalue weighted by molar-refractivity contribution is 6.33. The van der Waals surface area contributed by atoms with Crippen LogP contribution in [-0.4, -0.2) is 12.4 Å². The summed E-state index contributed by atoms with van der Waals surface area (Å²) in [5, 5.41) is 0. The fourth-order valence-electron chi connectivity index (χ4n) is 2.81. The molecular weight excluding hydrogens is 233 g/mol. The number of aryl methyl sites for hydroxylation is 2. The number of nitrogens with zero attached hydrogens (tertiary/aromatic N) is 1. The van der Waals surface area contributed by atoms with Crippen LogP contribution in [0.2, 0.25) is 0 Å². The lowest BCUT2D eigenvalue weighted by Gasteiger charge is -2.08. The third kappa shape index (κ3) is 2.25. The topological polar surface area (TPSA) is 22.0 Å². The Labute approximate surface area is 114 Å². The van der Waals surface area contributed by atoms with Crippen LogP contribution in [-0.2, 0) is 19.4 Å². The molecule has 1 aliphatic rings. The zero-order chi connectivity index (χ0) is 13.4. The van der Waals surface area contributed by atoms with Gasteiger partial charge in [-0.25, -0.2) is 0 Å². The van der Waals surface area contributed by atoms with Crippen LogP contribution >= 0.6 is 0 Å². The summed E-state index contributed by atoms with van der Waals surface area (Å²) in [6.45, 7) is 3.00. The molecule has 0 saturated carbocycles. The molecule has 3 rings (SSSR count). The average Bonchev–Trinajstić information content (AvgIpc) is 2.86. The van der Waals surface area contributed by atoms with E-state index in [1.54, 1.807) is 0 Å². The molecule has 2 aromatic rings. The van der Waals surface area contributed by atoms with Crippen molar-refractivity contribution in [3.63, 3.8) is 0 Å². The molecule has 0 unspecified atom stereocenters. The molecule has 0 bridgehead atoms. The molecule has 0 amide bonds. The van der Waals surface area contributed by atoms with Crippen molar-refractivity contribution in [2.45, 2.75) is 32.7 Å². The molecule has 2 nitrogen and oxygen atoms in total. The van der Waals surface area contributed by atoms with E-state index in [0.29, 0.717) is 0 Å². The predicted octanol–water partition coefficient (Wildman–Crippen LogP) is 0.952. The first-order valence-corrected chi connectivity index (χ1v) is 6.93. The zero-order valence-electron chi connectivity index (χ0n) is 11.6. The molecular formula is C16H18BNO. The summed E-state index contributed by atoms with van der Waals surface area (Å²) in [6.07, 6.45) is 2.88. The minimum atomic E-state index is 0.202. The Bertz CT molecular complexity index is 688. The Kier molecular flexibility index (Phi) is 3.05. The highest BCUT2D eigenvalue weighted by atomic mass is 16.1. The van der Waals surface area contributed by atoms with E-state index in [9.17, 15) is 4.79 Å². The van der Waals surface area contributed by atoms with Crippen molar-refractivity contribution in [2.24, 2.45) is 0 Å². The fourth-order valence-corrected chi connectivity index (χ4v) is 2.81. The van der Waals surface area contributed by atoms with Gasteiger partial charge in [0, 0.05) is 24.2 Å². The molecule has 0 saturated heterocycles. The second-order valence-corrected chi connectivity index (χ2v) is 5.51. The minimum absolute atomic E-state index is 0.202. The highest BCUT2D eigenvalue weighted by Gasteiger charge is 2.14. The number of fused-ring (bicyclic) bond motifs is 1. The normalized spacial score (nSPS) is 13.5. The molecule has 19 heavy (non-hydrogen) atoms. The molecule has 3 heteroatoms. The van der Waals surface area contributed by atoms with E-state index in [2.05, 4.69) is 39.0 Å². The minimum Gasteiger partial charge on any atom is -0.312 e. The van der Waals surface area contributed by atoms with E-state index in [1.807, 2.05) is 10.6 Å². The summed E-state index contributed by atoms with van der Waals surface area (Å²) in [4.78, 5) is 12.4. The van der Waals surface area contributed by atoms with Crippen LogP contribution in [0.5, 0.6) is 0 Å². The van der Waals surface area contributed by atoms with Crippen LogP contribution < -0.4 is 11.0 Å². The predicted molar refractivity (Wildman–Crippen MR) is 81.2 cm³/mol. The highest BCUT2D eigenvalue weighted by Crippen LogP contribution is 2.13. The van der Waals surface area contributed by atoms with Crippen molar-refractivity contribution in [3.8, 4) is 0 Å². The lowest BCUT2D eigenvalue weighted by molar-refractivity contribution is 0.713. The van der Waals surface area contributed by atoms with Gasteiger partial charge < -0.3 is 4.57 Å². The second kappa shape index (κ2) is 4.73. The number of hydrogen-bond donors (Lipinski definition) is 0. The molecule has 96 valence electrons. The second-order valence-electron chi connectivity index (χ2n) is 5.51. The first kappa shape index (κ1) is 12.3. The van der Waals surface area contributed by atoms with Gasteiger partial charge in [-0.15, -0.1) is 0 Å². The third-order valence-corrected chi connectivity index (χ3v) is 4.12. The van der Waals surface area contributed by atoms with E-state index in [1.165, 1.54) is 22.3 Å².